The van der Waals surface area contributed by atoms with E-state index in [2.05, 4.69) is 15.5 Å². The van der Waals surface area contributed by atoms with E-state index >= 15 is 0 Å². The summed E-state index contributed by atoms with van der Waals surface area (Å²) in [5.74, 6) is 0.665. The molecular formula is C17H31N3O2. The average molecular weight is 309 g/mol. The molecule has 2 unspecified atom stereocenters. The highest BCUT2D eigenvalue weighted by Gasteiger charge is 2.49. The van der Waals surface area contributed by atoms with Crippen LogP contribution in [0, 0.1) is 11.3 Å². The van der Waals surface area contributed by atoms with Gasteiger partial charge in [-0.1, -0.05) is 32.1 Å². The Balaban J connectivity index is 1.46. The van der Waals surface area contributed by atoms with Gasteiger partial charge >= 0.3 is 0 Å². The van der Waals surface area contributed by atoms with Crippen molar-refractivity contribution in [2.75, 3.05) is 39.3 Å². The van der Waals surface area contributed by atoms with Crippen LogP contribution in [0.4, 0.5) is 0 Å². The number of nitrogens with one attached hydrogen (secondary N) is 2. The van der Waals surface area contributed by atoms with Crippen molar-refractivity contribution in [3.63, 3.8) is 0 Å². The van der Waals surface area contributed by atoms with E-state index in [1.54, 1.807) is 0 Å². The molecule has 126 valence electrons. The summed E-state index contributed by atoms with van der Waals surface area (Å²) in [5, 5.41) is 16.4. The lowest BCUT2D eigenvalue weighted by atomic mass is 9.82. The van der Waals surface area contributed by atoms with Gasteiger partial charge in [0.15, 0.2) is 0 Å². The predicted molar refractivity (Wildman–Crippen MR) is 86.6 cm³/mol. The highest BCUT2D eigenvalue weighted by atomic mass is 16.3. The minimum atomic E-state index is -0.0134. The zero-order valence-corrected chi connectivity index (χ0v) is 13.6. The Morgan fingerprint density at radius 1 is 1.23 bits per heavy atom. The largest absolute Gasteiger partial charge is 0.396 e. The highest BCUT2D eigenvalue weighted by Crippen LogP contribution is 2.38. The molecule has 0 bridgehead atoms. The Morgan fingerprint density at radius 3 is 2.64 bits per heavy atom. The maximum Gasteiger partial charge on any atom is 0.234 e. The topological polar surface area (TPSA) is 64.6 Å². The van der Waals surface area contributed by atoms with Crippen LogP contribution in [0.15, 0.2) is 0 Å². The van der Waals surface area contributed by atoms with Gasteiger partial charge in [-0.25, -0.2) is 0 Å². The number of aliphatic hydroxyl groups is 1. The summed E-state index contributed by atoms with van der Waals surface area (Å²) >= 11 is 0. The van der Waals surface area contributed by atoms with E-state index in [0.29, 0.717) is 18.5 Å². The van der Waals surface area contributed by atoms with E-state index in [1.165, 1.54) is 32.1 Å². The Bertz CT molecular complexity index is 382. The summed E-state index contributed by atoms with van der Waals surface area (Å²) in [6.07, 6.45) is 8.75. The van der Waals surface area contributed by atoms with Gasteiger partial charge < -0.3 is 15.7 Å². The van der Waals surface area contributed by atoms with Gasteiger partial charge in [-0.15, -0.1) is 0 Å². The SMILES string of the molecule is O=C(CN1CC2CNCC2(CO)C1)NC1CCCCCCC1. The fourth-order valence-electron chi connectivity index (χ4n) is 4.55. The van der Waals surface area contributed by atoms with Crippen LogP contribution < -0.4 is 10.6 Å². The summed E-state index contributed by atoms with van der Waals surface area (Å²) in [4.78, 5) is 14.6. The van der Waals surface area contributed by atoms with Crippen LogP contribution in [0.1, 0.15) is 44.9 Å². The molecular weight excluding hydrogens is 278 g/mol. The van der Waals surface area contributed by atoms with Crippen molar-refractivity contribution in [2.45, 2.75) is 51.0 Å². The third-order valence-corrected chi connectivity index (χ3v) is 5.90. The van der Waals surface area contributed by atoms with Crippen molar-refractivity contribution < 1.29 is 9.90 Å². The van der Waals surface area contributed by atoms with Gasteiger partial charge in [0.1, 0.15) is 0 Å². The van der Waals surface area contributed by atoms with Gasteiger partial charge in [0.2, 0.25) is 5.91 Å². The third kappa shape index (κ3) is 3.63. The van der Waals surface area contributed by atoms with Crippen molar-refractivity contribution in [1.82, 2.24) is 15.5 Å². The Labute approximate surface area is 133 Å². The van der Waals surface area contributed by atoms with Crippen LogP contribution in [-0.4, -0.2) is 61.3 Å². The van der Waals surface area contributed by atoms with Crippen molar-refractivity contribution in [1.29, 1.82) is 0 Å². The molecule has 1 amide bonds. The smallest absolute Gasteiger partial charge is 0.234 e. The molecule has 0 aromatic rings. The van der Waals surface area contributed by atoms with Gasteiger partial charge in [0, 0.05) is 31.1 Å². The van der Waals surface area contributed by atoms with Gasteiger partial charge in [0.25, 0.3) is 0 Å². The lowest BCUT2D eigenvalue weighted by molar-refractivity contribution is -0.123. The van der Waals surface area contributed by atoms with Gasteiger partial charge in [0.05, 0.1) is 13.2 Å². The summed E-state index contributed by atoms with van der Waals surface area (Å²) in [6.45, 7) is 4.36. The normalized spacial score (nSPS) is 34.1. The Morgan fingerprint density at radius 2 is 1.95 bits per heavy atom. The maximum atomic E-state index is 12.3. The lowest BCUT2D eigenvalue weighted by Crippen LogP contribution is -2.43. The first-order chi connectivity index (χ1) is 10.7. The number of hydrogen-bond acceptors (Lipinski definition) is 4. The summed E-state index contributed by atoms with van der Waals surface area (Å²) < 4.78 is 0. The molecule has 3 N–H and O–H groups in total. The molecule has 3 aliphatic rings. The van der Waals surface area contributed by atoms with Crippen molar-refractivity contribution in [3.05, 3.63) is 0 Å². The van der Waals surface area contributed by atoms with Crippen LogP contribution in [-0.2, 0) is 4.79 Å². The zero-order valence-electron chi connectivity index (χ0n) is 13.6. The van der Waals surface area contributed by atoms with Crippen LogP contribution in [0.5, 0.6) is 0 Å². The van der Waals surface area contributed by atoms with Crippen molar-refractivity contribution >= 4 is 5.91 Å². The van der Waals surface area contributed by atoms with Crippen molar-refractivity contribution in [3.8, 4) is 0 Å². The van der Waals surface area contributed by atoms with Crippen molar-refractivity contribution in [2.24, 2.45) is 11.3 Å². The predicted octanol–water partition coefficient (Wildman–Crippen LogP) is 0.729. The molecule has 3 fully saturated rings. The molecule has 1 saturated carbocycles. The highest BCUT2D eigenvalue weighted by molar-refractivity contribution is 5.78. The molecule has 2 heterocycles. The molecule has 5 nitrogen and oxygen atoms in total. The van der Waals surface area contributed by atoms with E-state index in [0.717, 1.165) is 39.0 Å². The minimum Gasteiger partial charge on any atom is -0.396 e. The van der Waals surface area contributed by atoms with Gasteiger partial charge in [-0.3, -0.25) is 9.69 Å². The molecule has 0 aromatic heterocycles. The van der Waals surface area contributed by atoms with Crippen LogP contribution in [0.2, 0.25) is 0 Å². The van der Waals surface area contributed by atoms with Crippen LogP contribution in [0.25, 0.3) is 0 Å². The number of carbonyl (C=O) groups is 1. The molecule has 3 rings (SSSR count). The molecule has 2 saturated heterocycles. The van der Waals surface area contributed by atoms with E-state index in [-0.39, 0.29) is 17.9 Å². The Hall–Kier alpha value is -0.650. The zero-order chi connectivity index (χ0) is 15.4. The second-order valence-electron chi connectivity index (χ2n) is 7.63. The van der Waals surface area contributed by atoms with Gasteiger partial charge in [-0.2, -0.15) is 0 Å². The molecule has 0 aromatic carbocycles. The molecule has 0 radical (unpaired) electrons. The summed E-state index contributed by atoms with van der Waals surface area (Å²) in [5.41, 5.74) is -0.0134. The quantitative estimate of drug-likeness (QED) is 0.716. The fourth-order valence-corrected chi connectivity index (χ4v) is 4.55. The van der Waals surface area contributed by atoms with E-state index < -0.39 is 0 Å². The molecule has 1 aliphatic carbocycles. The van der Waals surface area contributed by atoms with Crippen LogP contribution in [0.3, 0.4) is 0 Å². The Kier molecular flexibility index (Phi) is 5.37. The lowest BCUT2D eigenvalue weighted by Gasteiger charge is -2.26. The number of rotatable bonds is 4. The van der Waals surface area contributed by atoms with Gasteiger partial charge in [-0.05, 0) is 25.3 Å². The first kappa shape index (κ1) is 16.2. The summed E-state index contributed by atoms with van der Waals surface area (Å²) in [6, 6.07) is 0.378. The number of aliphatic hydroxyl groups excluding tert-OH is 1. The van der Waals surface area contributed by atoms with E-state index in [1.807, 2.05) is 0 Å². The number of likely N-dealkylation sites (tertiary alicyclic amines) is 1. The fraction of sp³-hybridized carbons (Fsp3) is 0.941. The van der Waals surface area contributed by atoms with E-state index in [9.17, 15) is 9.90 Å². The maximum absolute atomic E-state index is 12.3. The number of amides is 1. The number of hydrogen-bond donors (Lipinski definition) is 3. The molecule has 2 aliphatic heterocycles. The number of nitrogens with zero attached hydrogens (tertiary/aromatic N) is 1. The monoisotopic (exact) mass is 309 g/mol. The minimum absolute atomic E-state index is 0.0134. The van der Waals surface area contributed by atoms with Crippen LogP contribution >= 0.6 is 0 Å². The standard InChI is InChI=1S/C17H31N3O2/c21-13-17-11-18-8-14(17)9-20(12-17)10-16(22)19-15-6-4-2-1-3-5-7-15/h14-15,18,21H,1-13H2,(H,19,22). The number of carbonyl (C=O) groups excluding carboxylic acids is 1. The number of fused-ring (bicyclic) bond motifs is 1. The molecule has 22 heavy (non-hydrogen) atoms. The first-order valence-electron chi connectivity index (χ1n) is 9.05. The van der Waals surface area contributed by atoms with E-state index in [4.69, 9.17) is 0 Å². The molecule has 0 spiro atoms. The molecule has 5 heteroatoms. The molecule has 2 atom stereocenters. The summed E-state index contributed by atoms with van der Waals surface area (Å²) in [7, 11) is 0. The second kappa shape index (κ2) is 7.28. The average Bonchev–Trinajstić information content (AvgIpc) is 2.98. The first-order valence-corrected chi connectivity index (χ1v) is 9.05. The third-order valence-electron chi connectivity index (χ3n) is 5.90. The second-order valence-corrected chi connectivity index (χ2v) is 7.63.